The lowest BCUT2D eigenvalue weighted by atomic mass is 10.1. The van der Waals surface area contributed by atoms with Crippen LogP contribution in [-0.4, -0.2) is 29.1 Å². The summed E-state index contributed by atoms with van der Waals surface area (Å²) in [5, 5.41) is 9.13. The number of hydrogen-bond acceptors (Lipinski definition) is 4. The molecular formula is C14H14O4. The summed E-state index contributed by atoms with van der Waals surface area (Å²) in [5.74, 6) is -1.37. The fraction of sp³-hybridized carbons (Fsp3) is 0.286. The van der Waals surface area contributed by atoms with Gasteiger partial charge in [0.1, 0.15) is 0 Å². The van der Waals surface area contributed by atoms with Crippen LogP contribution in [0, 0.1) is 0 Å². The van der Waals surface area contributed by atoms with E-state index in [4.69, 9.17) is 9.84 Å². The molecule has 4 heteroatoms. The van der Waals surface area contributed by atoms with E-state index >= 15 is 0 Å². The number of esters is 1. The molecule has 0 spiro atoms. The Labute approximate surface area is 105 Å². The van der Waals surface area contributed by atoms with E-state index in [1.165, 1.54) is 0 Å². The highest BCUT2D eigenvalue weighted by atomic mass is 16.6. The molecule has 1 aliphatic rings. The Hall–Kier alpha value is -1.94. The molecule has 0 radical (unpaired) electrons. The number of aliphatic hydroxyl groups excluding tert-OH is 1. The van der Waals surface area contributed by atoms with Gasteiger partial charge in [-0.3, -0.25) is 4.79 Å². The van der Waals surface area contributed by atoms with Gasteiger partial charge in [0.15, 0.2) is 6.10 Å². The highest BCUT2D eigenvalue weighted by Gasteiger charge is 2.41. The number of aliphatic hydroxyl groups is 1. The number of carbonyl (C=O) groups is 2. The van der Waals surface area contributed by atoms with Gasteiger partial charge < -0.3 is 9.84 Å². The minimum absolute atomic E-state index is 0.408. The first-order valence-electron chi connectivity index (χ1n) is 5.82. The third-order valence-corrected chi connectivity index (χ3v) is 2.77. The number of cyclic esters (lactones) is 1. The van der Waals surface area contributed by atoms with Crippen LogP contribution in [0.25, 0.3) is 6.08 Å². The molecule has 1 aromatic rings. The molecule has 94 valence electrons. The zero-order valence-electron chi connectivity index (χ0n) is 9.78. The van der Waals surface area contributed by atoms with E-state index in [0.717, 1.165) is 5.56 Å². The second-order valence-electron chi connectivity index (χ2n) is 4.12. The Morgan fingerprint density at radius 2 is 1.94 bits per heavy atom. The van der Waals surface area contributed by atoms with E-state index in [-0.39, 0.29) is 0 Å². The fourth-order valence-electron chi connectivity index (χ4n) is 1.79. The van der Waals surface area contributed by atoms with Crippen molar-refractivity contribution in [2.75, 3.05) is 0 Å². The maximum atomic E-state index is 11.4. The van der Waals surface area contributed by atoms with Crippen LogP contribution in [0.4, 0.5) is 0 Å². The summed E-state index contributed by atoms with van der Waals surface area (Å²) in [6.45, 7) is 0. The van der Waals surface area contributed by atoms with E-state index in [1.807, 2.05) is 42.5 Å². The van der Waals surface area contributed by atoms with Crippen LogP contribution in [0.1, 0.15) is 18.4 Å². The number of ketones is 1. The van der Waals surface area contributed by atoms with Gasteiger partial charge in [-0.1, -0.05) is 42.5 Å². The molecule has 0 saturated carbocycles. The molecule has 0 bridgehead atoms. The zero-order chi connectivity index (χ0) is 13.0. The number of Topliss-reactive ketones (excluding diaryl/α,β-unsaturated/α-hetero) is 1. The molecule has 4 nitrogen and oxygen atoms in total. The highest BCUT2D eigenvalue weighted by molar-refractivity contribution is 6.08. The Morgan fingerprint density at radius 3 is 2.56 bits per heavy atom. The quantitative estimate of drug-likeness (QED) is 0.643. The second-order valence-corrected chi connectivity index (χ2v) is 4.12. The first-order chi connectivity index (χ1) is 8.68. The molecule has 1 saturated heterocycles. The summed E-state index contributed by atoms with van der Waals surface area (Å²) in [6, 6.07) is 9.77. The third-order valence-electron chi connectivity index (χ3n) is 2.77. The van der Waals surface area contributed by atoms with Gasteiger partial charge in [-0.25, -0.2) is 4.79 Å². The predicted octanol–water partition coefficient (Wildman–Crippen LogP) is 1.34. The first kappa shape index (κ1) is 12.5. The molecule has 0 aliphatic carbocycles. The summed E-state index contributed by atoms with van der Waals surface area (Å²) in [7, 11) is 0. The van der Waals surface area contributed by atoms with Gasteiger partial charge in [-0.05, 0) is 18.4 Å². The van der Waals surface area contributed by atoms with Crippen LogP contribution in [0.3, 0.4) is 0 Å². The summed E-state index contributed by atoms with van der Waals surface area (Å²) in [4.78, 5) is 22.3. The summed E-state index contributed by atoms with van der Waals surface area (Å²) in [6.07, 6.45) is 2.50. The number of rotatable bonds is 4. The molecular weight excluding hydrogens is 232 g/mol. The lowest BCUT2D eigenvalue weighted by Gasteiger charge is -2.04. The average Bonchev–Trinajstić information content (AvgIpc) is 2.64. The molecule has 0 amide bonds. The number of benzene rings is 1. The molecule has 1 fully saturated rings. The van der Waals surface area contributed by atoms with Crippen LogP contribution in [0.15, 0.2) is 36.4 Å². The molecule has 18 heavy (non-hydrogen) atoms. The molecule has 2 unspecified atom stereocenters. The van der Waals surface area contributed by atoms with Crippen LogP contribution in [-0.2, 0) is 14.3 Å². The van der Waals surface area contributed by atoms with E-state index in [0.29, 0.717) is 12.8 Å². The summed E-state index contributed by atoms with van der Waals surface area (Å²) < 4.78 is 4.77. The SMILES string of the molecule is O=C1OC(CCC=Cc2ccccc2)C(=O)C1O. The maximum absolute atomic E-state index is 11.4. The largest absolute Gasteiger partial charge is 0.452 e. The Kier molecular flexibility index (Phi) is 3.89. The van der Waals surface area contributed by atoms with Crippen LogP contribution < -0.4 is 0 Å². The molecule has 1 aromatic carbocycles. The third kappa shape index (κ3) is 2.84. The number of carbonyl (C=O) groups excluding carboxylic acids is 2. The van der Waals surface area contributed by atoms with Crippen molar-refractivity contribution in [1.82, 2.24) is 0 Å². The van der Waals surface area contributed by atoms with E-state index < -0.39 is 24.0 Å². The number of ether oxygens (including phenoxy) is 1. The van der Waals surface area contributed by atoms with Gasteiger partial charge in [0.25, 0.3) is 0 Å². The zero-order valence-corrected chi connectivity index (χ0v) is 9.78. The normalized spacial score (nSPS) is 23.6. The van der Waals surface area contributed by atoms with E-state index in [2.05, 4.69) is 0 Å². The van der Waals surface area contributed by atoms with Crippen LogP contribution in [0.5, 0.6) is 0 Å². The standard InChI is InChI=1S/C14H14O4/c15-12-11(18-14(17)13(12)16)9-5-4-8-10-6-2-1-3-7-10/h1-4,6-8,11,13,16H,5,9H2. The summed E-state index contributed by atoms with van der Waals surface area (Å²) in [5.41, 5.74) is 1.08. The topological polar surface area (TPSA) is 63.6 Å². The van der Waals surface area contributed by atoms with Gasteiger partial charge in [-0.15, -0.1) is 0 Å². The Bertz CT molecular complexity index is 464. The van der Waals surface area contributed by atoms with Crippen molar-refractivity contribution in [1.29, 1.82) is 0 Å². The lowest BCUT2D eigenvalue weighted by molar-refractivity contribution is -0.147. The Morgan fingerprint density at radius 1 is 1.22 bits per heavy atom. The van der Waals surface area contributed by atoms with Crippen LogP contribution >= 0.6 is 0 Å². The van der Waals surface area contributed by atoms with Gasteiger partial charge in [-0.2, -0.15) is 0 Å². The Balaban J connectivity index is 1.81. The smallest absolute Gasteiger partial charge is 0.343 e. The summed E-state index contributed by atoms with van der Waals surface area (Å²) >= 11 is 0. The first-order valence-corrected chi connectivity index (χ1v) is 5.82. The second kappa shape index (κ2) is 5.60. The molecule has 2 rings (SSSR count). The average molecular weight is 246 g/mol. The van der Waals surface area contributed by atoms with Gasteiger partial charge >= 0.3 is 5.97 Å². The molecule has 1 N–H and O–H groups in total. The van der Waals surface area contributed by atoms with Crippen molar-refractivity contribution in [2.45, 2.75) is 25.0 Å². The van der Waals surface area contributed by atoms with E-state index in [9.17, 15) is 9.59 Å². The van der Waals surface area contributed by atoms with Crippen LogP contribution in [0.2, 0.25) is 0 Å². The monoisotopic (exact) mass is 246 g/mol. The van der Waals surface area contributed by atoms with Crippen molar-refractivity contribution in [3.05, 3.63) is 42.0 Å². The highest BCUT2D eigenvalue weighted by Crippen LogP contribution is 2.16. The fourth-order valence-corrected chi connectivity index (χ4v) is 1.79. The molecule has 1 heterocycles. The molecule has 2 atom stereocenters. The van der Waals surface area contributed by atoms with E-state index in [1.54, 1.807) is 0 Å². The van der Waals surface area contributed by atoms with Crippen molar-refractivity contribution in [3.8, 4) is 0 Å². The minimum atomic E-state index is -1.59. The minimum Gasteiger partial charge on any atom is -0.452 e. The molecule has 1 aliphatic heterocycles. The predicted molar refractivity (Wildman–Crippen MR) is 65.6 cm³/mol. The number of hydrogen-bond donors (Lipinski definition) is 1. The van der Waals surface area contributed by atoms with Crippen molar-refractivity contribution < 1.29 is 19.4 Å². The van der Waals surface area contributed by atoms with Gasteiger partial charge in [0.05, 0.1) is 0 Å². The van der Waals surface area contributed by atoms with Gasteiger partial charge in [0, 0.05) is 0 Å². The molecule has 0 aromatic heterocycles. The van der Waals surface area contributed by atoms with Crippen molar-refractivity contribution >= 4 is 17.8 Å². The lowest BCUT2D eigenvalue weighted by Crippen LogP contribution is -2.24. The number of allylic oxidation sites excluding steroid dienone is 1. The van der Waals surface area contributed by atoms with Gasteiger partial charge in [0.2, 0.25) is 11.9 Å². The maximum Gasteiger partial charge on any atom is 0.343 e. The van der Waals surface area contributed by atoms with Crippen molar-refractivity contribution in [2.24, 2.45) is 0 Å². The van der Waals surface area contributed by atoms with Crippen molar-refractivity contribution in [3.63, 3.8) is 0 Å².